The number of methoxy groups -OCH3 is 4. The number of hydrogen-bond acceptors (Lipinski definition) is 6. The molecule has 6 heteroatoms. The standard InChI is InChI=1S/C25H29NO5/c1-26-10-6-9-25(26,24(27)31-5)15-17-11-16-7-8-18(28-2)12-19(16)21-14-23(30-4)22(29-3)13-20(17)21/h7-8,11-14H,6,9-10,15H2,1-5H3. The van der Waals surface area contributed by atoms with E-state index in [1.54, 1.807) is 21.3 Å². The van der Waals surface area contributed by atoms with Crippen LogP contribution in [-0.4, -0.2) is 58.4 Å². The van der Waals surface area contributed by atoms with Gasteiger partial charge in [0.1, 0.15) is 11.3 Å². The number of nitrogens with zero attached hydrogens (tertiary/aromatic N) is 1. The molecule has 1 unspecified atom stereocenters. The van der Waals surface area contributed by atoms with Crippen LogP contribution in [0.15, 0.2) is 36.4 Å². The van der Waals surface area contributed by atoms with Crippen LogP contribution >= 0.6 is 0 Å². The van der Waals surface area contributed by atoms with E-state index in [1.165, 1.54) is 7.11 Å². The van der Waals surface area contributed by atoms with E-state index >= 15 is 0 Å². The highest BCUT2D eigenvalue weighted by molar-refractivity contribution is 6.10. The Labute approximate surface area is 182 Å². The van der Waals surface area contributed by atoms with E-state index < -0.39 is 5.54 Å². The van der Waals surface area contributed by atoms with Crippen LogP contribution in [0.4, 0.5) is 0 Å². The predicted molar refractivity (Wildman–Crippen MR) is 121 cm³/mol. The highest BCUT2D eigenvalue weighted by Crippen LogP contribution is 2.41. The van der Waals surface area contributed by atoms with Crippen molar-refractivity contribution in [3.05, 3.63) is 42.0 Å². The molecule has 1 saturated heterocycles. The zero-order chi connectivity index (χ0) is 22.2. The van der Waals surface area contributed by atoms with Gasteiger partial charge in [-0.2, -0.15) is 0 Å². The summed E-state index contributed by atoms with van der Waals surface area (Å²) in [4.78, 5) is 15.1. The molecule has 0 amide bonds. The van der Waals surface area contributed by atoms with E-state index in [-0.39, 0.29) is 5.97 Å². The largest absolute Gasteiger partial charge is 0.497 e. The van der Waals surface area contributed by atoms with Crippen LogP contribution in [0, 0.1) is 0 Å². The summed E-state index contributed by atoms with van der Waals surface area (Å²) in [5.41, 5.74) is 0.405. The Bertz CT molecular complexity index is 1140. The monoisotopic (exact) mass is 423 g/mol. The molecule has 0 saturated carbocycles. The van der Waals surface area contributed by atoms with Crippen molar-refractivity contribution in [2.75, 3.05) is 42.0 Å². The van der Waals surface area contributed by atoms with Gasteiger partial charge in [0.2, 0.25) is 0 Å². The number of hydrogen-bond donors (Lipinski definition) is 0. The number of ether oxygens (including phenoxy) is 4. The third kappa shape index (κ3) is 3.45. The summed E-state index contributed by atoms with van der Waals surface area (Å²) in [7, 11) is 8.40. The van der Waals surface area contributed by atoms with Gasteiger partial charge in [-0.3, -0.25) is 9.69 Å². The van der Waals surface area contributed by atoms with Gasteiger partial charge in [0, 0.05) is 6.42 Å². The number of rotatable bonds is 6. The van der Waals surface area contributed by atoms with E-state index in [9.17, 15) is 4.79 Å². The van der Waals surface area contributed by atoms with Crippen LogP contribution in [-0.2, 0) is 16.0 Å². The Morgan fingerprint density at radius 1 is 0.935 bits per heavy atom. The van der Waals surface area contributed by atoms with Crippen LogP contribution in [0.3, 0.4) is 0 Å². The average Bonchev–Trinajstić information content (AvgIpc) is 3.18. The fraction of sp³-hybridized carbons (Fsp3) is 0.400. The van der Waals surface area contributed by atoms with Gasteiger partial charge in [0.25, 0.3) is 0 Å². The Morgan fingerprint density at radius 2 is 1.65 bits per heavy atom. The molecule has 0 aliphatic carbocycles. The zero-order valence-corrected chi connectivity index (χ0v) is 18.8. The lowest BCUT2D eigenvalue weighted by Crippen LogP contribution is -2.51. The summed E-state index contributed by atoms with van der Waals surface area (Å²) < 4.78 is 21.9. The lowest BCUT2D eigenvalue weighted by Gasteiger charge is -2.34. The zero-order valence-electron chi connectivity index (χ0n) is 18.8. The summed E-state index contributed by atoms with van der Waals surface area (Å²) in [5.74, 6) is 1.93. The fourth-order valence-corrected chi connectivity index (χ4v) is 4.87. The minimum Gasteiger partial charge on any atom is -0.497 e. The Morgan fingerprint density at radius 3 is 2.23 bits per heavy atom. The van der Waals surface area contributed by atoms with Crippen molar-refractivity contribution in [3.63, 3.8) is 0 Å². The van der Waals surface area contributed by atoms with Gasteiger partial charge in [-0.05, 0) is 77.8 Å². The molecular weight excluding hydrogens is 394 g/mol. The quantitative estimate of drug-likeness (QED) is 0.438. The summed E-state index contributed by atoms with van der Waals surface area (Å²) in [6, 6.07) is 12.2. The summed E-state index contributed by atoms with van der Waals surface area (Å²) in [6.07, 6.45) is 2.29. The van der Waals surface area contributed by atoms with E-state index in [0.29, 0.717) is 17.9 Å². The van der Waals surface area contributed by atoms with Crippen molar-refractivity contribution >= 4 is 27.5 Å². The molecule has 3 aromatic carbocycles. The van der Waals surface area contributed by atoms with Gasteiger partial charge in [0.05, 0.1) is 28.4 Å². The number of likely N-dealkylation sites (tertiary alicyclic amines) is 1. The maximum Gasteiger partial charge on any atom is 0.326 e. The first-order valence-corrected chi connectivity index (χ1v) is 10.4. The van der Waals surface area contributed by atoms with Crippen LogP contribution in [0.2, 0.25) is 0 Å². The Balaban J connectivity index is 2.00. The van der Waals surface area contributed by atoms with Crippen LogP contribution in [0.25, 0.3) is 21.5 Å². The van der Waals surface area contributed by atoms with Crippen molar-refractivity contribution in [1.29, 1.82) is 0 Å². The van der Waals surface area contributed by atoms with Crippen LogP contribution < -0.4 is 14.2 Å². The normalized spacial score (nSPS) is 19.0. The van der Waals surface area contributed by atoms with Crippen molar-refractivity contribution in [3.8, 4) is 17.2 Å². The molecule has 1 fully saturated rings. The van der Waals surface area contributed by atoms with Crippen molar-refractivity contribution < 1.29 is 23.7 Å². The lowest BCUT2D eigenvalue weighted by atomic mass is 9.84. The van der Waals surface area contributed by atoms with E-state index in [2.05, 4.69) is 17.0 Å². The molecule has 1 aliphatic heterocycles. The van der Waals surface area contributed by atoms with Gasteiger partial charge in [-0.1, -0.05) is 12.1 Å². The van der Waals surface area contributed by atoms with Crippen molar-refractivity contribution in [2.24, 2.45) is 0 Å². The molecule has 1 aliphatic rings. The number of benzene rings is 3. The second kappa shape index (κ2) is 8.27. The molecule has 1 atom stereocenters. The first-order chi connectivity index (χ1) is 15.0. The fourth-order valence-electron chi connectivity index (χ4n) is 4.87. The molecule has 31 heavy (non-hydrogen) atoms. The highest BCUT2D eigenvalue weighted by atomic mass is 16.5. The van der Waals surface area contributed by atoms with Gasteiger partial charge >= 0.3 is 5.97 Å². The molecule has 164 valence electrons. The predicted octanol–water partition coefficient (Wildman–Crippen LogP) is 4.20. The van der Waals surface area contributed by atoms with E-state index in [4.69, 9.17) is 18.9 Å². The number of carbonyl (C=O) groups is 1. The van der Waals surface area contributed by atoms with Gasteiger partial charge in [-0.25, -0.2) is 0 Å². The average molecular weight is 424 g/mol. The number of likely N-dealkylation sites (N-methyl/N-ethyl adjacent to an activating group) is 1. The molecule has 1 heterocycles. The molecule has 0 spiro atoms. The molecule has 4 rings (SSSR count). The van der Waals surface area contributed by atoms with E-state index in [0.717, 1.165) is 52.2 Å². The van der Waals surface area contributed by atoms with Crippen LogP contribution in [0.5, 0.6) is 17.2 Å². The Hall–Kier alpha value is -2.99. The molecule has 0 radical (unpaired) electrons. The van der Waals surface area contributed by atoms with Gasteiger partial charge in [-0.15, -0.1) is 0 Å². The topological polar surface area (TPSA) is 57.2 Å². The SMILES string of the molecule is COC(=O)C1(Cc2cc3ccc(OC)cc3c3cc(OC)c(OC)cc23)CCCN1C. The van der Waals surface area contributed by atoms with Gasteiger partial charge < -0.3 is 18.9 Å². The second-order valence-electron chi connectivity index (χ2n) is 8.10. The Kier molecular flexibility index (Phi) is 5.67. The van der Waals surface area contributed by atoms with Crippen LogP contribution in [0.1, 0.15) is 18.4 Å². The molecule has 0 aromatic heterocycles. The summed E-state index contributed by atoms with van der Waals surface area (Å²) in [6.45, 7) is 0.870. The minimum atomic E-state index is -0.672. The molecule has 0 bridgehead atoms. The first-order valence-electron chi connectivity index (χ1n) is 10.4. The maximum atomic E-state index is 12.9. The lowest BCUT2D eigenvalue weighted by molar-refractivity contribution is -0.152. The maximum absolute atomic E-state index is 12.9. The van der Waals surface area contributed by atoms with E-state index in [1.807, 2.05) is 31.3 Å². The highest BCUT2D eigenvalue weighted by Gasteiger charge is 2.46. The molecule has 3 aromatic rings. The number of fused-ring (bicyclic) bond motifs is 3. The minimum absolute atomic E-state index is 0.184. The van der Waals surface area contributed by atoms with Crippen molar-refractivity contribution in [2.45, 2.75) is 24.8 Å². The third-order valence-corrected chi connectivity index (χ3v) is 6.61. The summed E-state index contributed by atoms with van der Waals surface area (Å²) >= 11 is 0. The third-order valence-electron chi connectivity index (χ3n) is 6.61. The first kappa shape index (κ1) is 21.2. The number of carbonyl (C=O) groups excluding carboxylic acids is 1. The molecule has 0 N–H and O–H groups in total. The second-order valence-corrected chi connectivity index (χ2v) is 8.10. The summed E-state index contributed by atoms with van der Waals surface area (Å²) in [5, 5.41) is 4.20. The van der Waals surface area contributed by atoms with Crippen molar-refractivity contribution in [1.82, 2.24) is 4.90 Å². The smallest absolute Gasteiger partial charge is 0.326 e. The molecular formula is C25H29NO5. The molecule has 6 nitrogen and oxygen atoms in total. The van der Waals surface area contributed by atoms with Gasteiger partial charge in [0.15, 0.2) is 11.5 Å². The number of esters is 1.